The molecule has 1 rings (SSSR count). The number of carbonyl (C=O) groups excluding carboxylic acids is 1. The third-order valence-corrected chi connectivity index (χ3v) is 2.35. The maximum Gasteiger partial charge on any atom is 0.416 e. The summed E-state index contributed by atoms with van der Waals surface area (Å²) in [6.07, 6.45) is -5.63. The first kappa shape index (κ1) is 14.3. The molecule has 0 saturated carbocycles. The number of amides is 1. The Bertz CT molecular complexity index is 420. The molecule has 0 heterocycles. The van der Waals surface area contributed by atoms with Gasteiger partial charge in [0, 0.05) is 5.92 Å². The highest BCUT2D eigenvalue weighted by molar-refractivity contribution is 5.64. The monoisotopic (exact) mass is 263 g/mol. The van der Waals surface area contributed by atoms with Crippen molar-refractivity contribution in [2.24, 2.45) is 5.73 Å². The van der Waals surface area contributed by atoms with Gasteiger partial charge in [0.15, 0.2) is 0 Å². The zero-order valence-electron chi connectivity index (χ0n) is 9.28. The molecule has 0 aliphatic carbocycles. The Morgan fingerprint density at radius 2 is 2.00 bits per heavy atom. The van der Waals surface area contributed by atoms with Crippen LogP contribution in [0, 0.1) is 0 Å². The molecule has 1 atom stereocenters. The van der Waals surface area contributed by atoms with Gasteiger partial charge in [0.05, 0.1) is 12.2 Å². The molecule has 4 nitrogen and oxygen atoms in total. The molecule has 18 heavy (non-hydrogen) atoms. The molecule has 0 radical (unpaired) electrons. The van der Waals surface area contributed by atoms with Gasteiger partial charge in [-0.3, -0.25) is 0 Å². The lowest BCUT2D eigenvalue weighted by atomic mass is 9.95. The van der Waals surface area contributed by atoms with Gasteiger partial charge in [0.25, 0.3) is 0 Å². The second-order valence-corrected chi connectivity index (χ2v) is 3.59. The lowest BCUT2D eigenvalue weighted by Gasteiger charge is -2.19. The van der Waals surface area contributed by atoms with Gasteiger partial charge in [-0.25, -0.2) is 4.79 Å². The van der Waals surface area contributed by atoms with E-state index in [9.17, 15) is 18.0 Å². The number of ether oxygens (including phenoxy) is 1. The van der Waals surface area contributed by atoms with E-state index in [4.69, 9.17) is 10.8 Å². The Balaban J connectivity index is 3.02. The van der Waals surface area contributed by atoms with E-state index in [0.717, 1.165) is 6.07 Å². The Morgan fingerprint density at radius 1 is 1.39 bits per heavy atom. The predicted octanol–water partition coefficient (Wildman–Crippen LogP) is 1.88. The topological polar surface area (TPSA) is 72.6 Å². The molecule has 1 unspecified atom stereocenters. The second-order valence-electron chi connectivity index (χ2n) is 3.59. The Morgan fingerprint density at radius 3 is 2.50 bits per heavy atom. The summed E-state index contributed by atoms with van der Waals surface area (Å²) in [5, 5.41) is 9.08. The first-order valence-electron chi connectivity index (χ1n) is 5.05. The summed E-state index contributed by atoms with van der Waals surface area (Å²) in [5.74, 6) is -0.963. The number of hydrogen-bond acceptors (Lipinski definition) is 3. The molecular formula is C11H12F3NO3. The van der Waals surface area contributed by atoms with Crippen molar-refractivity contribution in [1.82, 2.24) is 0 Å². The number of benzene rings is 1. The van der Waals surface area contributed by atoms with Crippen LogP contribution in [0.1, 0.15) is 17.0 Å². The molecule has 1 amide bonds. The van der Waals surface area contributed by atoms with Crippen LogP contribution in [0.2, 0.25) is 0 Å². The zero-order valence-corrected chi connectivity index (χ0v) is 9.28. The fraction of sp³-hybridized carbons (Fsp3) is 0.364. The molecule has 100 valence electrons. The van der Waals surface area contributed by atoms with Gasteiger partial charge in [-0.2, -0.15) is 13.2 Å². The van der Waals surface area contributed by atoms with Crippen molar-refractivity contribution in [3.8, 4) is 0 Å². The van der Waals surface area contributed by atoms with Gasteiger partial charge in [0.2, 0.25) is 0 Å². The second kappa shape index (κ2) is 5.72. The highest BCUT2D eigenvalue weighted by Crippen LogP contribution is 2.35. The van der Waals surface area contributed by atoms with E-state index in [2.05, 4.69) is 4.74 Å². The summed E-state index contributed by atoms with van der Waals surface area (Å²) in [4.78, 5) is 10.4. The Hall–Kier alpha value is -1.76. The van der Waals surface area contributed by atoms with Crippen molar-refractivity contribution in [3.63, 3.8) is 0 Å². The molecule has 0 bridgehead atoms. The van der Waals surface area contributed by atoms with E-state index >= 15 is 0 Å². The van der Waals surface area contributed by atoms with Crippen molar-refractivity contribution in [3.05, 3.63) is 35.4 Å². The molecule has 0 aliphatic rings. The number of rotatable bonds is 4. The minimum atomic E-state index is -4.53. The van der Waals surface area contributed by atoms with Crippen molar-refractivity contribution < 1.29 is 27.8 Å². The fourth-order valence-corrected chi connectivity index (χ4v) is 1.53. The van der Waals surface area contributed by atoms with Crippen LogP contribution in [0.25, 0.3) is 0 Å². The van der Waals surface area contributed by atoms with E-state index < -0.39 is 37.0 Å². The largest absolute Gasteiger partial charge is 0.449 e. The fourth-order valence-electron chi connectivity index (χ4n) is 1.53. The minimum absolute atomic E-state index is 0.131. The van der Waals surface area contributed by atoms with Gasteiger partial charge in [-0.05, 0) is 11.6 Å². The summed E-state index contributed by atoms with van der Waals surface area (Å²) in [5.41, 5.74) is 3.74. The third kappa shape index (κ3) is 3.63. The lowest BCUT2D eigenvalue weighted by Crippen LogP contribution is -2.22. The number of halogens is 3. The van der Waals surface area contributed by atoms with Crippen LogP contribution in [0.4, 0.5) is 18.0 Å². The maximum atomic E-state index is 12.7. The SMILES string of the molecule is NC(=O)OCC(CO)c1ccccc1C(F)(F)F. The first-order valence-corrected chi connectivity index (χ1v) is 5.05. The van der Waals surface area contributed by atoms with Gasteiger partial charge in [0.1, 0.15) is 6.61 Å². The summed E-state index contributed by atoms with van der Waals surface area (Å²) < 4.78 is 42.6. The summed E-state index contributed by atoms with van der Waals surface area (Å²) in [7, 11) is 0. The van der Waals surface area contributed by atoms with Gasteiger partial charge >= 0.3 is 12.3 Å². The third-order valence-electron chi connectivity index (χ3n) is 2.35. The van der Waals surface area contributed by atoms with Crippen molar-refractivity contribution in [2.45, 2.75) is 12.1 Å². The quantitative estimate of drug-likeness (QED) is 0.871. The molecule has 7 heteroatoms. The van der Waals surface area contributed by atoms with E-state index in [1.54, 1.807) is 0 Å². The molecule has 1 aromatic carbocycles. The molecule has 1 aromatic rings. The van der Waals surface area contributed by atoms with Gasteiger partial charge < -0.3 is 15.6 Å². The lowest BCUT2D eigenvalue weighted by molar-refractivity contribution is -0.138. The molecule has 0 saturated heterocycles. The van der Waals surface area contributed by atoms with Crippen LogP contribution in [0.3, 0.4) is 0 Å². The Labute approximate surface area is 101 Å². The number of nitrogens with two attached hydrogens (primary N) is 1. The highest BCUT2D eigenvalue weighted by Gasteiger charge is 2.34. The zero-order chi connectivity index (χ0) is 13.8. The van der Waals surface area contributed by atoms with Crippen molar-refractivity contribution >= 4 is 6.09 Å². The Kier molecular flexibility index (Phi) is 4.55. The first-order chi connectivity index (χ1) is 8.36. The number of aliphatic hydroxyl groups excluding tert-OH is 1. The van der Waals surface area contributed by atoms with Crippen molar-refractivity contribution in [1.29, 1.82) is 0 Å². The number of alkyl halides is 3. The van der Waals surface area contributed by atoms with Gasteiger partial charge in [-0.15, -0.1) is 0 Å². The van der Waals surface area contributed by atoms with Crippen LogP contribution < -0.4 is 5.73 Å². The van der Waals surface area contributed by atoms with E-state index in [-0.39, 0.29) is 5.56 Å². The summed E-state index contributed by atoms with van der Waals surface area (Å²) >= 11 is 0. The van der Waals surface area contributed by atoms with E-state index in [1.807, 2.05) is 0 Å². The van der Waals surface area contributed by atoms with Crippen LogP contribution in [-0.2, 0) is 10.9 Å². The molecule has 0 aromatic heterocycles. The molecule has 3 N–H and O–H groups in total. The molecule has 0 aliphatic heterocycles. The minimum Gasteiger partial charge on any atom is -0.449 e. The van der Waals surface area contributed by atoms with Crippen LogP contribution in [0.15, 0.2) is 24.3 Å². The van der Waals surface area contributed by atoms with Gasteiger partial charge in [-0.1, -0.05) is 18.2 Å². The molecular weight excluding hydrogens is 251 g/mol. The van der Waals surface area contributed by atoms with Crippen molar-refractivity contribution in [2.75, 3.05) is 13.2 Å². The summed E-state index contributed by atoms with van der Waals surface area (Å²) in [6, 6.07) is 4.80. The number of hydrogen-bond donors (Lipinski definition) is 2. The molecule has 0 spiro atoms. The standard InChI is InChI=1S/C11H12F3NO3/c12-11(13,14)9-4-2-1-3-8(9)7(5-16)6-18-10(15)17/h1-4,7,16H,5-6H2,(H2,15,17). The van der Waals surface area contributed by atoms with E-state index in [1.165, 1.54) is 18.2 Å². The van der Waals surface area contributed by atoms with E-state index in [0.29, 0.717) is 0 Å². The maximum absolute atomic E-state index is 12.7. The van der Waals surface area contributed by atoms with Crippen LogP contribution >= 0.6 is 0 Å². The number of primary amides is 1. The number of carbonyl (C=O) groups is 1. The average molecular weight is 263 g/mol. The van der Waals surface area contributed by atoms with Crippen LogP contribution in [-0.4, -0.2) is 24.4 Å². The smallest absolute Gasteiger partial charge is 0.416 e. The molecule has 0 fully saturated rings. The van der Waals surface area contributed by atoms with Crippen LogP contribution in [0.5, 0.6) is 0 Å². The normalized spacial score (nSPS) is 13.1. The predicted molar refractivity (Wildman–Crippen MR) is 56.8 cm³/mol. The number of aliphatic hydroxyl groups is 1. The summed E-state index contributed by atoms with van der Waals surface area (Å²) in [6.45, 7) is -0.987. The highest BCUT2D eigenvalue weighted by atomic mass is 19.4. The average Bonchev–Trinajstić information content (AvgIpc) is 2.29.